The summed E-state index contributed by atoms with van der Waals surface area (Å²) in [6, 6.07) is 10.7. The van der Waals surface area contributed by atoms with E-state index in [2.05, 4.69) is 19.2 Å². The molecule has 124 valence electrons. The maximum absolute atomic E-state index is 12.9. The highest BCUT2D eigenvalue weighted by Gasteiger charge is 2.35. The van der Waals surface area contributed by atoms with Gasteiger partial charge in [-0.3, -0.25) is 4.79 Å². The molecule has 0 aromatic heterocycles. The molecule has 2 N–H and O–H groups in total. The third kappa shape index (κ3) is 3.50. The topological polar surface area (TPSA) is 58.6 Å². The Kier molecular flexibility index (Phi) is 4.69. The minimum atomic E-state index is -0.980. The molecule has 2 aromatic rings. The minimum Gasteiger partial charge on any atom is -0.423 e. The Morgan fingerprint density at radius 3 is 2.67 bits per heavy atom. The fourth-order valence-electron chi connectivity index (χ4n) is 2.88. The van der Waals surface area contributed by atoms with Gasteiger partial charge in [0, 0.05) is 11.3 Å². The third-order valence-electron chi connectivity index (χ3n) is 4.04. The monoisotopic (exact) mass is 327 g/mol. The average molecular weight is 327 g/mol. The van der Waals surface area contributed by atoms with Crippen molar-refractivity contribution in [2.75, 3.05) is 5.32 Å². The maximum atomic E-state index is 12.9. The first-order valence-corrected chi connectivity index (χ1v) is 7.98. The van der Waals surface area contributed by atoms with E-state index in [1.54, 1.807) is 12.1 Å². The van der Waals surface area contributed by atoms with E-state index in [1.165, 1.54) is 24.3 Å². The Bertz CT molecular complexity index is 748. The lowest BCUT2D eigenvalue weighted by molar-refractivity contribution is 0.102. The lowest BCUT2D eigenvalue weighted by Crippen LogP contribution is -2.28. The number of hydrogen-bond donors (Lipinski definition) is 2. The Labute approximate surface area is 140 Å². The van der Waals surface area contributed by atoms with E-state index in [-0.39, 0.29) is 17.8 Å². The fourth-order valence-corrected chi connectivity index (χ4v) is 2.88. The van der Waals surface area contributed by atoms with Gasteiger partial charge in [0.25, 0.3) is 5.91 Å². The van der Waals surface area contributed by atoms with Gasteiger partial charge in [0.05, 0.1) is 6.10 Å². The van der Waals surface area contributed by atoms with Gasteiger partial charge in [-0.05, 0) is 59.8 Å². The Morgan fingerprint density at radius 2 is 2.00 bits per heavy atom. The van der Waals surface area contributed by atoms with Crippen molar-refractivity contribution in [2.45, 2.75) is 26.4 Å². The van der Waals surface area contributed by atoms with Crippen LogP contribution >= 0.6 is 0 Å². The molecule has 1 heterocycles. The van der Waals surface area contributed by atoms with Crippen molar-refractivity contribution in [3.8, 4) is 0 Å². The molecule has 0 radical (unpaired) electrons. The summed E-state index contributed by atoms with van der Waals surface area (Å²) in [6.07, 6.45) is 0.697. The van der Waals surface area contributed by atoms with E-state index in [9.17, 15) is 14.2 Å². The summed E-state index contributed by atoms with van der Waals surface area (Å²) in [5, 5.41) is 12.8. The summed E-state index contributed by atoms with van der Waals surface area (Å²) in [4.78, 5) is 12.2. The number of rotatable bonds is 4. The molecule has 0 fully saturated rings. The first kappa shape index (κ1) is 16.7. The predicted octanol–water partition coefficient (Wildman–Crippen LogP) is 2.88. The van der Waals surface area contributed by atoms with Crippen LogP contribution in [-0.2, 0) is 4.65 Å². The Balaban J connectivity index is 1.78. The molecule has 6 heteroatoms. The Hall–Kier alpha value is -2.18. The standard InChI is InChI=1S/C18H19BFNO3/c1-11(2)9-17-15-8-7-14(10-16(15)19(23)24-17)21-18(22)12-3-5-13(20)6-4-12/h3-8,10-11,17,23H,9H2,1-2H3,(H,21,22). The van der Waals surface area contributed by atoms with Gasteiger partial charge in [-0.25, -0.2) is 4.39 Å². The van der Waals surface area contributed by atoms with E-state index in [1.807, 2.05) is 6.07 Å². The van der Waals surface area contributed by atoms with Crippen LogP contribution in [-0.4, -0.2) is 18.0 Å². The van der Waals surface area contributed by atoms with E-state index >= 15 is 0 Å². The van der Waals surface area contributed by atoms with Crippen molar-refractivity contribution < 1.29 is 18.9 Å². The molecule has 0 saturated carbocycles. The van der Waals surface area contributed by atoms with Crippen molar-refractivity contribution in [3.63, 3.8) is 0 Å². The number of halogens is 1. The lowest BCUT2D eigenvalue weighted by Gasteiger charge is -2.14. The van der Waals surface area contributed by atoms with E-state index in [4.69, 9.17) is 4.65 Å². The summed E-state index contributed by atoms with van der Waals surface area (Å²) in [5.41, 5.74) is 2.57. The van der Waals surface area contributed by atoms with Crippen LogP contribution in [0.2, 0.25) is 0 Å². The summed E-state index contributed by atoms with van der Waals surface area (Å²) in [5.74, 6) is -0.270. The maximum Gasteiger partial charge on any atom is 0.492 e. The number of benzene rings is 2. The number of carbonyl (C=O) groups excluding carboxylic acids is 1. The smallest absolute Gasteiger partial charge is 0.423 e. The highest BCUT2D eigenvalue weighted by molar-refractivity contribution is 6.62. The number of nitrogens with one attached hydrogen (secondary N) is 1. The van der Waals surface area contributed by atoms with Crippen LogP contribution in [0, 0.1) is 11.7 Å². The van der Waals surface area contributed by atoms with Crippen molar-refractivity contribution >= 4 is 24.2 Å². The van der Waals surface area contributed by atoms with Crippen LogP contribution in [0.4, 0.5) is 10.1 Å². The first-order chi connectivity index (χ1) is 11.4. The number of carbonyl (C=O) groups is 1. The molecular weight excluding hydrogens is 308 g/mol. The lowest BCUT2D eigenvalue weighted by atomic mass is 9.78. The van der Waals surface area contributed by atoms with Crippen LogP contribution in [0.3, 0.4) is 0 Å². The molecule has 1 unspecified atom stereocenters. The largest absolute Gasteiger partial charge is 0.492 e. The van der Waals surface area contributed by atoms with E-state index < -0.39 is 7.12 Å². The van der Waals surface area contributed by atoms with E-state index in [0.717, 1.165) is 12.0 Å². The quantitative estimate of drug-likeness (QED) is 0.849. The van der Waals surface area contributed by atoms with Crippen molar-refractivity contribution in [2.24, 2.45) is 5.92 Å². The van der Waals surface area contributed by atoms with Crippen molar-refractivity contribution in [1.82, 2.24) is 0 Å². The van der Waals surface area contributed by atoms with Crippen LogP contribution in [0.5, 0.6) is 0 Å². The summed E-state index contributed by atoms with van der Waals surface area (Å²) in [6.45, 7) is 4.20. The second-order valence-electron chi connectivity index (χ2n) is 6.41. The van der Waals surface area contributed by atoms with Crippen molar-refractivity contribution in [1.29, 1.82) is 0 Å². The average Bonchev–Trinajstić information content (AvgIpc) is 2.83. The Morgan fingerprint density at radius 1 is 1.29 bits per heavy atom. The molecule has 2 aromatic carbocycles. The third-order valence-corrected chi connectivity index (χ3v) is 4.04. The molecule has 1 aliphatic rings. The summed E-state index contributed by atoms with van der Waals surface area (Å²) >= 11 is 0. The first-order valence-electron chi connectivity index (χ1n) is 7.98. The zero-order valence-corrected chi connectivity index (χ0v) is 13.6. The molecular formula is C18H19BFNO3. The van der Waals surface area contributed by atoms with Crippen LogP contribution in [0.15, 0.2) is 42.5 Å². The molecule has 0 aliphatic carbocycles. The minimum absolute atomic E-state index is 0.128. The fraction of sp³-hybridized carbons (Fsp3) is 0.278. The second-order valence-corrected chi connectivity index (χ2v) is 6.41. The van der Waals surface area contributed by atoms with Gasteiger partial charge in [0.15, 0.2) is 0 Å². The van der Waals surface area contributed by atoms with Gasteiger partial charge in [-0.15, -0.1) is 0 Å². The normalized spacial score (nSPS) is 16.4. The second kappa shape index (κ2) is 6.75. The molecule has 24 heavy (non-hydrogen) atoms. The molecule has 0 spiro atoms. The van der Waals surface area contributed by atoms with Crippen molar-refractivity contribution in [3.05, 3.63) is 59.4 Å². The number of anilines is 1. The van der Waals surface area contributed by atoms with Gasteiger partial charge in [0.1, 0.15) is 5.82 Å². The SMILES string of the molecule is CC(C)CC1OB(O)c2cc(NC(=O)c3ccc(F)cc3)ccc21. The molecule has 4 nitrogen and oxygen atoms in total. The molecule has 0 bridgehead atoms. The highest BCUT2D eigenvalue weighted by Crippen LogP contribution is 2.30. The van der Waals surface area contributed by atoms with Crippen LogP contribution < -0.4 is 10.8 Å². The zero-order chi connectivity index (χ0) is 17.3. The number of hydrogen-bond acceptors (Lipinski definition) is 3. The zero-order valence-electron chi connectivity index (χ0n) is 13.6. The van der Waals surface area contributed by atoms with Crippen LogP contribution in [0.25, 0.3) is 0 Å². The van der Waals surface area contributed by atoms with Crippen LogP contribution in [0.1, 0.15) is 42.3 Å². The van der Waals surface area contributed by atoms with Gasteiger partial charge >= 0.3 is 7.12 Å². The number of fused-ring (bicyclic) bond motifs is 1. The summed E-state index contributed by atoms with van der Waals surface area (Å²) < 4.78 is 18.5. The van der Waals surface area contributed by atoms with Gasteiger partial charge in [-0.2, -0.15) is 0 Å². The number of amides is 1. The molecule has 1 amide bonds. The van der Waals surface area contributed by atoms with Gasteiger partial charge < -0.3 is 15.0 Å². The highest BCUT2D eigenvalue weighted by atomic mass is 19.1. The predicted molar refractivity (Wildman–Crippen MR) is 91.7 cm³/mol. The van der Waals surface area contributed by atoms with Gasteiger partial charge in [-0.1, -0.05) is 19.9 Å². The molecule has 3 rings (SSSR count). The van der Waals surface area contributed by atoms with Gasteiger partial charge in [0.2, 0.25) is 0 Å². The van der Waals surface area contributed by atoms with E-state index in [0.29, 0.717) is 22.6 Å². The summed E-state index contributed by atoms with van der Waals surface area (Å²) in [7, 11) is -0.980. The molecule has 1 atom stereocenters. The molecule has 0 saturated heterocycles. The molecule has 1 aliphatic heterocycles.